The Kier molecular flexibility index (Phi) is 11.6. The average molecular weight is 607 g/mol. The molecule has 11 nitrogen and oxygen atoms in total. The molecular formula is C32H46O11. The molecule has 0 spiro atoms. The van der Waals surface area contributed by atoms with Crippen LogP contribution >= 0.6 is 0 Å². The molecule has 0 aromatic heterocycles. The molecule has 0 radical (unpaired) electrons. The molecule has 0 amide bonds. The molecule has 2 aliphatic carbocycles. The van der Waals surface area contributed by atoms with E-state index < -0.39 is 94.7 Å². The van der Waals surface area contributed by atoms with Crippen molar-refractivity contribution in [2.75, 3.05) is 0 Å². The molecule has 9 atom stereocenters. The van der Waals surface area contributed by atoms with Crippen molar-refractivity contribution in [2.45, 2.75) is 118 Å². The number of hydrogen-bond donors (Lipinski definition) is 0. The molecule has 0 bridgehead atoms. The predicted octanol–water partition coefficient (Wildman–Crippen LogP) is 3.85. The number of rotatable bonds is 7. The fourth-order valence-electron chi connectivity index (χ4n) is 5.98. The van der Waals surface area contributed by atoms with Crippen LogP contribution in [0.1, 0.15) is 82.1 Å². The normalized spacial score (nSPS) is 33.3. The number of carbonyl (C=O) groups excluding carboxylic acids is 6. The van der Waals surface area contributed by atoms with Crippen LogP contribution in [0.15, 0.2) is 24.3 Å². The smallest absolute Gasteiger partial charge is 0.303 e. The molecule has 0 aromatic rings. The van der Waals surface area contributed by atoms with Gasteiger partial charge in [-0.2, -0.15) is 0 Å². The van der Waals surface area contributed by atoms with E-state index in [1.807, 2.05) is 6.92 Å². The summed E-state index contributed by atoms with van der Waals surface area (Å²) in [6.07, 6.45) is -2.40. The SMILES string of the molecule is C=C1C(OC(C)=O)C(OC(C)CC)C(=O)C(C)(C)C=CC(C)C(=O)C2(OC(C)=O)CC(C)C(OC(C)=O)C2C1OC(C)=O. The Morgan fingerprint density at radius 2 is 1.42 bits per heavy atom. The maximum Gasteiger partial charge on any atom is 0.303 e. The zero-order valence-electron chi connectivity index (χ0n) is 26.9. The lowest BCUT2D eigenvalue weighted by atomic mass is 9.72. The lowest BCUT2D eigenvalue weighted by molar-refractivity contribution is -0.187. The van der Waals surface area contributed by atoms with Gasteiger partial charge in [0.25, 0.3) is 0 Å². The summed E-state index contributed by atoms with van der Waals surface area (Å²) in [5.74, 6) is -6.80. The summed E-state index contributed by atoms with van der Waals surface area (Å²) in [5, 5.41) is 0. The summed E-state index contributed by atoms with van der Waals surface area (Å²) in [6, 6.07) is 0. The molecular weight excluding hydrogens is 560 g/mol. The van der Waals surface area contributed by atoms with E-state index in [0.29, 0.717) is 6.42 Å². The third-order valence-electron chi connectivity index (χ3n) is 8.10. The Hall–Kier alpha value is -3.34. The van der Waals surface area contributed by atoms with Gasteiger partial charge in [-0.25, -0.2) is 0 Å². The van der Waals surface area contributed by atoms with Gasteiger partial charge in [0.15, 0.2) is 29.4 Å². The second-order valence-electron chi connectivity index (χ2n) is 12.3. The van der Waals surface area contributed by atoms with E-state index in [9.17, 15) is 28.8 Å². The highest BCUT2D eigenvalue weighted by Gasteiger charge is 2.65. The van der Waals surface area contributed by atoms with Crippen LogP contribution in [0.25, 0.3) is 0 Å². The first kappa shape index (κ1) is 35.9. The van der Waals surface area contributed by atoms with Gasteiger partial charge in [-0.1, -0.05) is 39.5 Å². The first-order chi connectivity index (χ1) is 19.8. The molecule has 0 aliphatic heterocycles. The minimum absolute atomic E-state index is 0.0649. The molecule has 0 N–H and O–H groups in total. The van der Waals surface area contributed by atoms with Crippen molar-refractivity contribution in [2.24, 2.45) is 23.2 Å². The zero-order chi connectivity index (χ0) is 33.0. The second-order valence-corrected chi connectivity index (χ2v) is 12.3. The maximum atomic E-state index is 14.4. The van der Waals surface area contributed by atoms with Crippen molar-refractivity contribution in [3.05, 3.63) is 24.3 Å². The molecule has 0 heterocycles. The Bertz CT molecular complexity index is 1170. The minimum atomic E-state index is -1.95. The summed E-state index contributed by atoms with van der Waals surface area (Å²) in [5.41, 5.74) is -3.27. The standard InChI is InChI=1S/C32H46O11/c1-12-18(4)39-28-27(42-22(8)35)19(5)26(41-21(7)34)24-25(40-20(6)33)17(3)15-32(24,43-23(9)36)29(37)16(2)13-14-31(10,11)30(28)38/h13-14,16-18,24-28H,5,12,15H2,1-4,6-11H3. The number of ether oxygens (including phenoxy) is 5. The summed E-state index contributed by atoms with van der Waals surface area (Å²) in [7, 11) is 0. The third-order valence-corrected chi connectivity index (χ3v) is 8.10. The van der Waals surface area contributed by atoms with Crippen molar-refractivity contribution >= 4 is 35.4 Å². The Morgan fingerprint density at radius 3 is 1.91 bits per heavy atom. The van der Waals surface area contributed by atoms with Crippen LogP contribution in [0.4, 0.5) is 0 Å². The fourth-order valence-corrected chi connectivity index (χ4v) is 5.98. The molecule has 1 saturated carbocycles. The van der Waals surface area contributed by atoms with Gasteiger partial charge < -0.3 is 23.7 Å². The van der Waals surface area contributed by atoms with Crippen molar-refractivity contribution in [1.29, 1.82) is 0 Å². The van der Waals surface area contributed by atoms with Crippen molar-refractivity contribution in [1.82, 2.24) is 0 Å². The number of esters is 4. The highest BCUT2D eigenvalue weighted by Crippen LogP contribution is 2.51. The van der Waals surface area contributed by atoms with Crippen molar-refractivity contribution in [3.8, 4) is 0 Å². The van der Waals surface area contributed by atoms with Crippen LogP contribution in [0.5, 0.6) is 0 Å². The fraction of sp³-hybridized carbons (Fsp3) is 0.688. The highest BCUT2D eigenvalue weighted by molar-refractivity contribution is 5.95. The summed E-state index contributed by atoms with van der Waals surface area (Å²) >= 11 is 0. The monoisotopic (exact) mass is 606 g/mol. The van der Waals surface area contributed by atoms with Crippen molar-refractivity contribution < 1.29 is 52.5 Å². The van der Waals surface area contributed by atoms with E-state index >= 15 is 0 Å². The van der Waals surface area contributed by atoms with Crippen LogP contribution < -0.4 is 0 Å². The number of allylic oxidation sites excluding steroid dienone is 2. The Labute approximate surface area is 253 Å². The van der Waals surface area contributed by atoms with Crippen LogP contribution in [0, 0.1) is 23.2 Å². The van der Waals surface area contributed by atoms with Crippen LogP contribution in [0.2, 0.25) is 0 Å². The highest BCUT2D eigenvalue weighted by atomic mass is 16.6. The number of hydrogen-bond acceptors (Lipinski definition) is 11. The molecule has 240 valence electrons. The van der Waals surface area contributed by atoms with Gasteiger partial charge >= 0.3 is 23.9 Å². The van der Waals surface area contributed by atoms with Gasteiger partial charge in [0.2, 0.25) is 0 Å². The second kappa shape index (κ2) is 14.0. The van der Waals surface area contributed by atoms with E-state index in [1.54, 1.807) is 46.8 Å². The lowest BCUT2D eigenvalue weighted by Gasteiger charge is -2.43. The van der Waals surface area contributed by atoms with Gasteiger partial charge in [-0.3, -0.25) is 28.8 Å². The largest absolute Gasteiger partial charge is 0.462 e. The lowest BCUT2D eigenvalue weighted by Crippen LogP contribution is -2.58. The minimum Gasteiger partial charge on any atom is -0.462 e. The van der Waals surface area contributed by atoms with Gasteiger partial charge in [0, 0.05) is 51.0 Å². The van der Waals surface area contributed by atoms with Crippen LogP contribution in [-0.4, -0.2) is 71.6 Å². The Balaban J connectivity index is 3.07. The van der Waals surface area contributed by atoms with E-state index in [1.165, 1.54) is 6.92 Å². The van der Waals surface area contributed by atoms with Gasteiger partial charge in [-0.05, 0) is 33.1 Å². The van der Waals surface area contributed by atoms with Gasteiger partial charge in [0.1, 0.15) is 12.2 Å². The van der Waals surface area contributed by atoms with E-state index in [4.69, 9.17) is 23.7 Å². The molecule has 9 unspecified atom stereocenters. The van der Waals surface area contributed by atoms with Gasteiger partial charge in [0.05, 0.1) is 12.0 Å². The quantitative estimate of drug-likeness (QED) is 0.236. The third kappa shape index (κ3) is 7.99. The van der Waals surface area contributed by atoms with E-state index in [2.05, 4.69) is 6.58 Å². The first-order valence-electron chi connectivity index (χ1n) is 14.6. The number of Topliss-reactive ketones (excluding diaryl/α,β-unsaturated/α-hetero) is 2. The Morgan fingerprint density at radius 1 is 0.884 bits per heavy atom. The molecule has 0 saturated heterocycles. The topological polar surface area (TPSA) is 149 Å². The molecule has 2 aliphatic rings. The maximum absolute atomic E-state index is 14.4. The zero-order valence-corrected chi connectivity index (χ0v) is 26.9. The van der Waals surface area contributed by atoms with E-state index in [0.717, 1.165) is 20.8 Å². The molecule has 0 aromatic carbocycles. The van der Waals surface area contributed by atoms with Crippen molar-refractivity contribution in [3.63, 3.8) is 0 Å². The summed E-state index contributed by atoms with van der Waals surface area (Å²) < 4.78 is 29.3. The number of carbonyl (C=O) groups is 6. The molecule has 11 heteroatoms. The van der Waals surface area contributed by atoms with Crippen LogP contribution in [0.3, 0.4) is 0 Å². The van der Waals surface area contributed by atoms with Gasteiger partial charge in [-0.15, -0.1) is 0 Å². The average Bonchev–Trinajstić information content (AvgIpc) is 3.15. The summed E-state index contributed by atoms with van der Waals surface area (Å²) in [4.78, 5) is 78.6. The number of fused-ring (bicyclic) bond motifs is 1. The molecule has 1 fully saturated rings. The number of ketones is 2. The predicted molar refractivity (Wildman–Crippen MR) is 154 cm³/mol. The molecule has 43 heavy (non-hydrogen) atoms. The first-order valence-corrected chi connectivity index (χ1v) is 14.6. The van der Waals surface area contributed by atoms with Crippen LogP contribution in [-0.2, 0) is 52.5 Å². The summed E-state index contributed by atoms with van der Waals surface area (Å²) in [6.45, 7) is 19.0. The van der Waals surface area contributed by atoms with E-state index in [-0.39, 0.29) is 12.0 Å². The molecule has 2 rings (SSSR count).